The average Bonchev–Trinajstić information content (AvgIpc) is 2.53. The van der Waals surface area contributed by atoms with E-state index in [1.54, 1.807) is 0 Å². The number of rotatable bonds is 1. The molecule has 0 amide bonds. The summed E-state index contributed by atoms with van der Waals surface area (Å²) < 4.78 is 0. The second-order valence-electron chi connectivity index (χ2n) is 4.01. The van der Waals surface area contributed by atoms with E-state index in [0.29, 0.717) is 6.04 Å². The van der Waals surface area contributed by atoms with E-state index < -0.39 is 0 Å². The molecule has 0 aliphatic carbocycles. The Labute approximate surface area is 79.4 Å². The minimum absolute atomic E-state index is 0.483. The highest BCUT2D eigenvalue weighted by molar-refractivity contribution is 5.21. The van der Waals surface area contributed by atoms with Crippen LogP contribution in [0.2, 0.25) is 0 Å². The van der Waals surface area contributed by atoms with Crippen LogP contribution in [0.5, 0.6) is 0 Å². The van der Waals surface area contributed by atoms with E-state index in [0.717, 1.165) is 12.5 Å². The van der Waals surface area contributed by atoms with Crippen molar-refractivity contribution in [2.75, 3.05) is 6.54 Å². The molecule has 13 heavy (non-hydrogen) atoms. The van der Waals surface area contributed by atoms with Crippen LogP contribution in [0.1, 0.15) is 30.6 Å². The lowest BCUT2D eigenvalue weighted by Crippen LogP contribution is -2.15. The molecular weight excluding hydrogens is 160 g/mol. The van der Waals surface area contributed by atoms with Gasteiger partial charge >= 0.3 is 0 Å². The van der Waals surface area contributed by atoms with Crippen molar-refractivity contribution in [3.8, 4) is 0 Å². The van der Waals surface area contributed by atoms with Crippen molar-refractivity contribution >= 4 is 0 Å². The number of nitrogens with one attached hydrogen (secondary N) is 1. The molecule has 1 fully saturated rings. The minimum Gasteiger partial charge on any atom is -0.308 e. The zero-order chi connectivity index (χ0) is 9.26. The monoisotopic (exact) mass is 176 g/mol. The van der Waals surface area contributed by atoms with Gasteiger partial charge in [-0.3, -0.25) is 4.98 Å². The maximum absolute atomic E-state index is 4.43. The van der Waals surface area contributed by atoms with Crippen LogP contribution in [-0.4, -0.2) is 11.5 Å². The van der Waals surface area contributed by atoms with Gasteiger partial charge in [-0.25, -0.2) is 0 Å². The molecule has 2 unspecified atom stereocenters. The van der Waals surface area contributed by atoms with Gasteiger partial charge in [0.05, 0.1) is 11.7 Å². The molecule has 2 nitrogen and oxygen atoms in total. The molecule has 1 aliphatic heterocycles. The van der Waals surface area contributed by atoms with Crippen molar-refractivity contribution in [3.05, 3.63) is 29.6 Å². The standard InChI is InChI=1S/C11H16N2/c1-8-6-10(13-7-8)11-9(2)4-3-5-12-11/h3-5,8,10,13H,6-7H2,1-2H3. The molecule has 2 rings (SSSR count). The van der Waals surface area contributed by atoms with Crippen LogP contribution in [0.3, 0.4) is 0 Å². The lowest BCUT2D eigenvalue weighted by atomic mass is 10.0. The van der Waals surface area contributed by atoms with Crippen LogP contribution in [0.25, 0.3) is 0 Å². The number of nitrogens with zero attached hydrogens (tertiary/aromatic N) is 1. The molecule has 1 saturated heterocycles. The molecule has 2 heteroatoms. The second kappa shape index (κ2) is 3.46. The van der Waals surface area contributed by atoms with Crippen LogP contribution >= 0.6 is 0 Å². The summed E-state index contributed by atoms with van der Waals surface area (Å²) in [7, 11) is 0. The van der Waals surface area contributed by atoms with Crippen molar-refractivity contribution in [2.24, 2.45) is 5.92 Å². The molecule has 2 heterocycles. The second-order valence-corrected chi connectivity index (χ2v) is 4.01. The molecule has 0 saturated carbocycles. The Bertz CT molecular complexity index is 296. The van der Waals surface area contributed by atoms with Gasteiger partial charge in [0.1, 0.15) is 0 Å². The smallest absolute Gasteiger partial charge is 0.0602 e. The Balaban J connectivity index is 2.21. The van der Waals surface area contributed by atoms with Crippen LogP contribution in [0.15, 0.2) is 18.3 Å². The molecule has 1 aromatic heterocycles. The molecule has 0 aromatic carbocycles. The Morgan fingerprint density at radius 2 is 2.38 bits per heavy atom. The van der Waals surface area contributed by atoms with Gasteiger partial charge in [-0.15, -0.1) is 0 Å². The molecule has 1 N–H and O–H groups in total. The van der Waals surface area contributed by atoms with E-state index in [4.69, 9.17) is 0 Å². The summed E-state index contributed by atoms with van der Waals surface area (Å²) in [5, 5.41) is 3.50. The van der Waals surface area contributed by atoms with Gasteiger partial charge in [-0.2, -0.15) is 0 Å². The molecule has 70 valence electrons. The fourth-order valence-corrected chi connectivity index (χ4v) is 1.98. The maximum Gasteiger partial charge on any atom is 0.0602 e. The first-order valence-corrected chi connectivity index (χ1v) is 4.92. The minimum atomic E-state index is 0.483. The zero-order valence-corrected chi connectivity index (χ0v) is 8.25. The predicted molar refractivity (Wildman–Crippen MR) is 53.5 cm³/mol. The first-order valence-electron chi connectivity index (χ1n) is 4.92. The van der Waals surface area contributed by atoms with Crippen molar-refractivity contribution in [1.29, 1.82) is 0 Å². The summed E-state index contributed by atoms with van der Waals surface area (Å²) in [6.45, 7) is 5.54. The van der Waals surface area contributed by atoms with Crippen LogP contribution in [0, 0.1) is 12.8 Å². The number of hydrogen-bond acceptors (Lipinski definition) is 2. The fourth-order valence-electron chi connectivity index (χ4n) is 1.98. The van der Waals surface area contributed by atoms with Crippen molar-refractivity contribution in [2.45, 2.75) is 26.3 Å². The average molecular weight is 176 g/mol. The van der Waals surface area contributed by atoms with Crippen LogP contribution < -0.4 is 5.32 Å². The van der Waals surface area contributed by atoms with E-state index in [1.165, 1.54) is 17.7 Å². The van der Waals surface area contributed by atoms with Gasteiger partial charge in [0, 0.05) is 6.20 Å². The highest BCUT2D eigenvalue weighted by Crippen LogP contribution is 2.26. The third-order valence-corrected chi connectivity index (χ3v) is 2.73. The van der Waals surface area contributed by atoms with Gasteiger partial charge in [-0.05, 0) is 37.4 Å². The SMILES string of the molecule is Cc1cccnc1C1CC(C)CN1. The summed E-state index contributed by atoms with van der Waals surface area (Å²) in [5.74, 6) is 0.784. The maximum atomic E-state index is 4.43. The molecular formula is C11H16N2. The highest BCUT2D eigenvalue weighted by atomic mass is 15.0. The van der Waals surface area contributed by atoms with Gasteiger partial charge < -0.3 is 5.32 Å². The summed E-state index contributed by atoms with van der Waals surface area (Å²) in [4.78, 5) is 4.43. The summed E-state index contributed by atoms with van der Waals surface area (Å²) in [6, 6.07) is 4.61. The zero-order valence-electron chi connectivity index (χ0n) is 8.25. The first kappa shape index (κ1) is 8.70. The Morgan fingerprint density at radius 3 is 3.00 bits per heavy atom. The molecule has 2 atom stereocenters. The Kier molecular flexibility index (Phi) is 2.32. The third-order valence-electron chi connectivity index (χ3n) is 2.73. The topological polar surface area (TPSA) is 24.9 Å². The van der Waals surface area contributed by atoms with E-state index in [9.17, 15) is 0 Å². The molecule has 0 bridgehead atoms. The lowest BCUT2D eigenvalue weighted by Gasteiger charge is -2.11. The summed E-state index contributed by atoms with van der Waals surface area (Å²) in [6.07, 6.45) is 3.10. The van der Waals surface area contributed by atoms with Crippen LogP contribution in [-0.2, 0) is 0 Å². The van der Waals surface area contributed by atoms with E-state index >= 15 is 0 Å². The molecule has 1 aliphatic rings. The number of pyridine rings is 1. The number of hydrogen-bond donors (Lipinski definition) is 1. The number of aromatic nitrogens is 1. The van der Waals surface area contributed by atoms with Gasteiger partial charge in [0.15, 0.2) is 0 Å². The summed E-state index contributed by atoms with van der Waals surface area (Å²) >= 11 is 0. The Hall–Kier alpha value is -0.890. The Morgan fingerprint density at radius 1 is 1.54 bits per heavy atom. The quantitative estimate of drug-likeness (QED) is 0.708. The van der Waals surface area contributed by atoms with Crippen molar-refractivity contribution in [1.82, 2.24) is 10.3 Å². The largest absolute Gasteiger partial charge is 0.308 e. The predicted octanol–water partition coefficient (Wildman–Crippen LogP) is 2.06. The summed E-state index contributed by atoms with van der Waals surface area (Å²) in [5.41, 5.74) is 2.53. The van der Waals surface area contributed by atoms with Gasteiger partial charge in [0.2, 0.25) is 0 Å². The van der Waals surface area contributed by atoms with E-state index in [2.05, 4.69) is 30.2 Å². The van der Waals surface area contributed by atoms with E-state index in [1.807, 2.05) is 12.3 Å². The molecule has 1 aromatic rings. The first-order chi connectivity index (χ1) is 6.27. The lowest BCUT2D eigenvalue weighted by molar-refractivity contribution is 0.596. The van der Waals surface area contributed by atoms with Crippen molar-refractivity contribution < 1.29 is 0 Å². The van der Waals surface area contributed by atoms with Gasteiger partial charge in [0.25, 0.3) is 0 Å². The highest BCUT2D eigenvalue weighted by Gasteiger charge is 2.23. The fraction of sp³-hybridized carbons (Fsp3) is 0.545. The van der Waals surface area contributed by atoms with Crippen LogP contribution in [0.4, 0.5) is 0 Å². The molecule has 0 radical (unpaired) electrons. The number of aryl methyl sites for hydroxylation is 1. The van der Waals surface area contributed by atoms with Crippen molar-refractivity contribution in [3.63, 3.8) is 0 Å². The molecule has 0 spiro atoms. The third kappa shape index (κ3) is 1.73. The normalized spacial score (nSPS) is 27.8. The van der Waals surface area contributed by atoms with E-state index in [-0.39, 0.29) is 0 Å². The van der Waals surface area contributed by atoms with Gasteiger partial charge in [-0.1, -0.05) is 13.0 Å².